The molecule has 1 atom stereocenters. The molecule has 0 aromatic heterocycles. The van der Waals surface area contributed by atoms with Crippen molar-refractivity contribution in [1.82, 2.24) is 4.72 Å². The van der Waals surface area contributed by atoms with Crippen molar-refractivity contribution < 1.29 is 18.3 Å². The first-order valence-corrected chi connectivity index (χ1v) is 7.93. The Hall–Kier alpha value is -0.620. The molecule has 0 rings (SSSR count). The van der Waals surface area contributed by atoms with Gasteiger partial charge in [0, 0.05) is 6.54 Å². The van der Waals surface area contributed by atoms with Gasteiger partial charge in [0.25, 0.3) is 0 Å². The normalized spacial score (nSPS) is 14.4. The maximum atomic E-state index is 11.7. The van der Waals surface area contributed by atoms with Gasteiger partial charge < -0.3 is 5.11 Å². The van der Waals surface area contributed by atoms with Gasteiger partial charge in [-0.1, -0.05) is 34.1 Å². The zero-order valence-corrected chi connectivity index (χ0v) is 12.5. The molecule has 0 heterocycles. The first-order valence-electron chi connectivity index (χ1n) is 6.27. The summed E-state index contributed by atoms with van der Waals surface area (Å²) in [7, 11) is -3.38. The van der Waals surface area contributed by atoms with E-state index in [1.54, 1.807) is 0 Å². The average Bonchev–Trinajstić information content (AvgIpc) is 2.20. The Balaban J connectivity index is 4.28. The quantitative estimate of drug-likeness (QED) is 0.710. The lowest BCUT2D eigenvalue weighted by molar-refractivity contribution is -0.141. The second kappa shape index (κ2) is 7.09. The van der Waals surface area contributed by atoms with Crippen LogP contribution in [0.5, 0.6) is 0 Å². The average molecular weight is 279 g/mol. The molecule has 0 spiro atoms. The second-order valence-electron chi connectivity index (χ2n) is 5.80. The van der Waals surface area contributed by atoms with Crippen molar-refractivity contribution in [3.05, 3.63) is 0 Å². The van der Waals surface area contributed by atoms with E-state index in [4.69, 9.17) is 5.11 Å². The highest BCUT2D eigenvalue weighted by Gasteiger charge is 2.21. The lowest BCUT2D eigenvalue weighted by Gasteiger charge is -2.18. The molecule has 108 valence electrons. The fraction of sp³-hybridized carbons (Fsp3) is 0.917. The smallest absolute Gasteiger partial charge is 0.307 e. The number of rotatable bonds is 8. The van der Waals surface area contributed by atoms with Gasteiger partial charge in [0.2, 0.25) is 10.0 Å². The molecule has 0 aliphatic carbocycles. The standard InChI is InChI=1S/C12H25NO4S/c1-5-6-10(11(14)15)9-13-18(16,17)8-7-12(2,3)4/h10,13H,5-9H2,1-4H3,(H,14,15). The SMILES string of the molecule is CCCC(CNS(=O)(=O)CCC(C)(C)C)C(=O)O. The molecular weight excluding hydrogens is 254 g/mol. The molecule has 6 heteroatoms. The fourth-order valence-electron chi connectivity index (χ4n) is 1.40. The molecule has 0 aliphatic rings. The van der Waals surface area contributed by atoms with E-state index in [1.165, 1.54) is 0 Å². The summed E-state index contributed by atoms with van der Waals surface area (Å²) in [6.45, 7) is 7.78. The topological polar surface area (TPSA) is 83.5 Å². The van der Waals surface area contributed by atoms with Crippen LogP contribution in [0.15, 0.2) is 0 Å². The minimum absolute atomic E-state index is 0.0182. The third kappa shape index (κ3) is 8.47. The molecule has 0 saturated carbocycles. The van der Waals surface area contributed by atoms with Gasteiger partial charge in [-0.05, 0) is 18.3 Å². The van der Waals surface area contributed by atoms with Crippen molar-refractivity contribution in [1.29, 1.82) is 0 Å². The van der Waals surface area contributed by atoms with Gasteiger partial charge in [-0.3, -0.25) is 4.79 Å². The van der Waals surface area contributed by atoms with E-state index in [0.717, 1.165) is 6.42 Å². The van der Waals surface area contributed by atoms with Crippen LogP contribution in [-0.4, -0.2) is 31.8 Å². The third-order valence-electron chi connectivity index (χ3n) is 2.66. The molecule has 5 nitrogen and oxygen atoms in total. The van der Waals surface area contributed by atoms with Gasteiger partial charge in [0.05, 0.1) is 11.7 Å². The summed E-state index contributed by atoms with van der Waals surface area (Å²) in [5.41, 5.74) is -0.0512. The molecule has 0 bridgehead atoms. The number of carboxylic acids is 1. The van der Waals surface area contributed by atoms with Gasteiger partial charge in [0.1, 0.15) is 0 Å². The number of hydrogen-bond donors (Lipinski definition) is 2. The number of aliphatic carboxylic acids is 1. The highest BCUT2D eigenvalue weighted by molar-refractivity contribution is 7.89. The summed E-state index contributed by atoms with van der Waals surface area (Å²) in [5.74, 6) is -1.55. The van der Waals surface area contributed by atoms with Crippen molar-refractivity contribution in [2.75, 3.05) is 12.3 Å². The zero-order chi connectivity index (χ0) is 14.4. The van der Waals surface area contributed by atoms with E-state index in [1.807, 2.05) is 27.7 Å². The van der Waals surface area contributed by atoms with Gasteiger partial charge in [-0.15, -0.1) is 0 Å². The largest absolute Gasteiger partial charge is 0.481 e. The van der Waals surface area contributed by atoms with Crippen LogP contribution in [0.1, 0.15) is 47.0 Å². The molecule has 0 saturated heterocycles. The first-order chi connectivity index (χ1) is 8.07. The summed E-state index contributed by atoms with van der Waals surface area (Å²) < 4.78 is 25.8. The van der Waals surface area contributed by atoms with Crippen LogP contribution in [-0.2, 0) is 14.8 Å². The summed E-state index contributed by atoms with van der Waals surface area (Å²) in [6.07, 6.45) is 1.76. The summed E-state index contributed by atoms with van der Waals surface area (Å²) >= 11 is 0. The molecule has 0 fully saturated rings. The van der Waals surface area contributed by atoms with Gasteiger partial charge in [0.15, 0.2) is 0 Å². The lowest BCUT2D eigenvalue weighted by Crippen LogP contribution is -2.35. The Morgan fingerprint density at radius 1 is 1.33 bits per heavy atom. The van der Waals surface area contributed by atoms with E-state index >= 15 is 0 Å². The van der Waals surface area contributed by atoms with E-state index in [0.29, 0.717) is 12.8 Å². The van der Waals surface area contributed by atoms with Crippen LogP contribution in [0.2, 0.25) is 0 Å². The van der Waals surface area contributed by atoms with E-state index in [2.05, 4.69) is 4.72 Å². The molecular formula is C12H25NO4S. The van der Waals surface area contributed by atoms with Crippen molar-refractivity contribution in [2.24, 2.45) is 11.3 Å². The Bertz CT molecular complexity index is 357. The Labute approximate surface area is 110 Å². The van der Waals surface area contributed by atoms with Crippen LogP contribution >= 0.6 is 0 Å². The van der Waals surface area contributed by atoms with E-state index in [9.17, 15) is 13.2 Å². The van der Waals surface area contributed by atoms with Crippen molar-refractivity contribution in [2.45, 2.75) is 47.0 Å². The van der Waals surface area contributed by atoms with E-state index in [-0.39, 0.29) is 17.7 Å². The molecule has 1 unspecified atom stereocenters. The monoisotopic (exact) mass is 279 g/mol. The van der Waals surface area contributed by atoms with Gasteiger partial charge in [-0.2, -0.15) is 0 Å². The maximum Gasteiger partial charge on any atom is 0.307 e. The molecule has 0 aromatic carbocycles. The highest BCUT2D eigenvalue weighted by atomic mass is 32.2. The maximum absolute atomic E-state index is 11.7. The minimum Gasteiger partial charge on any atom is -0.481 e. The summed E-state index contributed by atoms with van der Waals surface area (Å²) in [5, 5.41) is 8.93. The molecule has 0 amide bonds. The first kappa shape index (κ1) is 17.4. The van der Waals surface area contributed by atoms with Crippen LogP contribution in [0, 0.1) is 11.3 Å². The van der Waals surface area contributed by atoms with Crippen LogP contribution in [0.25, 0.3) is 0 Å². The third-order valence-corrected chi connectivity index (χ3v) is 4.00. The van der Waals surface area contributed by atoms with E-state index < -0.39 is 21.9 Å². The van der Waals surface area contributed by atoms with Crippen LogP contribution < -0.4 is 4.72 Å². The van der Waals surface area contributed by atoms with Crippen molar-refractivity contribution in [3.63, 3.8) is 0 Å². The van der Waals surface area contributed by atoms with Crippen LogP contribution in [0.3, 0.4) is 0 Å². The summed E-state index contributed by atoms with van der Waals surface area (Å²) in [4.78, 5) is 10.9. The Morgan fingerprint density at radius 2 is 1.89 bits per heavy atom. The molecule has 0 aromatic rings. The van der Waals surface area contributed by atoms with Crippen LogP contribution in [0.4, 0.5) is 0 Å². The number of carboxylic acid groups (broad SMARTS) is 1. The number of nitrogens with one attached hydrogen (secondary N) is 1. The molecule has 0 aliphatic heterocycles. The van der Waals surface area contributed by atoms with Crippen molar-refractivity contribution in [3.8, 4) is 0 Å². The Kier molecular flexibility index (Phi) is 6.84. The van der Waals surface area contributed by atoms with Gasteiger partial charge >= 0.3 is 5.97 Å². The molecule has 0 radical (unpaired) electrons. The molecule has 18 heavy (non-hydrogen) atoms. The zero-order valence-electron chi connectivity index (χ0n) is 11.7. The number of hydrogen-bond acceptors (Lipinski definition) is 3. The predicted molar refractivity (Wildman–Crippen MR) is 71.9 cm³/mol. The molecule has 2 N–H and O–H groups in total. The summed E-state index contributed by atoms with van der Waals surface area (Å²) in [6, 6.07) is 0. The number of carbonyl (C=O) groups is 1. The lowest BCUT2D eigenvalue weighted by atomic mass is 9.94. The second-order valence-corrected chi connectivity index (χ2v) is 7.73. The highest BCUT2D eigenvalue weighted by Crippen LogP contribution is 2.19. The fourth-order valence-corrected chi connectivity index (χ4v) is 2.88. The minimum atomic E-state index is -3.38. The predicted octanol–water partition coefficient (Wildman–Crippen LogP) is 1.84. The van der Waals surface area contributed by atoms with Gasteiger partial charge in [-0.25, -0.2) is 13.1 Å². The Morgan fingerprint density at radius 3 is 2.28 bits per heavy atom. The van der Waals surface area contributed by atoms with Crippen molar-refractivity contribution >= 4 is 16.0 Å². The number of sulfonamides is 1.